The number of carbonyl (C=O) groups is 2. The van der Waals surface area contributed by atoms with Gasteiger partial charge in [-0.25, -0.2) is 14.8 Å². The molecule has 0 aliphatic heterocycles. The summed E-state index contributed by atoms with van der Waals surface area (Å²) in [6.45, 7) is 6.09. The maximum Gasteiger partial charge on any atom is 0.490 e. The zero-order valence-corrected chi connectivity index (χ0v) is 21.2. The Bertz CT molecular complexity index is 1310. The summed E-state index contributed by atoms with van der Waals surface area (Å²) >= 11 is 0. The minimum atomic E-state index is -5.08. The number of nitrogens with one attached hydrogen (secondary N) is 2. The van der Waals surface area contributed by atoms with E-state index in [1.807, 2.05) is 44.2 Å². The van der Waals surface area contributed by atoms with Gasteiger partial charge in [-0.15, -0.1) is 0 Å². The molecule has 208 valence electrons. The number of carboxylic acids is 1. The van der Waals surface area contributed by atoms with E-state index in [-0.39, 0.29) is 5.91 Å². The van der Waals surface area contributed by atoms with E-state index in [1.165, 1.54) is 0 Å². The summed E-state index contributed by atoms with van der Waals surface area (Å²) in [6.07, 6.45) is -0.859. The van der Waals surface area contributed by atoms with Gasteiger partial charge in [0.25, 0.3) is 5.91 Å². The molecule has 0 aliphatic carbocycles. The van der Waals surface area contributed by atoms with Crippen LogP contribution in [0.2, 0.25) is 0 Å². The summed E-state index contributed by atoms with van der Waals surface area (Å²) in [5.41, 5.74) is 2.14. The van der Waals surface area contributed by atoms with E-state index in [0.29, 0.717) is 37.1 Å². The molecule has 3 heterocycles. The molecule has 0 unspecified atom stereocenters. The summed E-state index contributed by atoms with van der Waals surface area (Å²) in [4.78, 5) is 31.9. The first-order valence-electron chi connectivity index (χ1n) is 11.8. The Morgan fingerprint density at radius 3 is 2.08 bits per heavy atom. The molecule has 0 saturated carbocycles. The number of aryl methyl sites for hydroxylation is 2. The number of aromatic amines is 1. The Hall–Kier alpha value is -4.46. The van der Waals surface area contributed by atoms with Crippen molar-refractivity contribution in [3.63, 3.8) is 0 Å². The summed E-state index contributed by atoms with van der Waals surface area (Å²) in [7, 11) is 0. The van der Waals surface area contributed by atoms with Crippen LogP contribution in [0.5, 0.6) is 0 Å². The van der Waals surface area contributed by atoms with Gasteiger partial charge < -0.3 is 19.3 Å². The number of nitrogens with zero attached hydrogens (tertiary/aromatic N) is 4. The van der Waals surface area contributed by atoms with Crippen LogP contribution in [0.3, 0.4) is 0 Å². The highest BCUT2D eigenvalue weighted by Crippen LogP contribution is 2.17. The van der Waals surface area contributed by atoms with Gasteiger partial charge in [-0.2, -0.15) is 18.3 Å². The standard InChI is InChI=1S/C23H26N6O3.C2HF3O2/c1-16-25-12-19(31-16)14-29(15-20-13-26-17(2)32-20)10-6-9-24-23(30)22-11-21(27-28-22)18-7-4-3-5-8-18;3-2(4,5)1(6)7/h3-5,7-8,11-13H,6,9-10,14-15H2,1-2H3,(H,24,30)(H,27,28);(H,6,7). The van der Waals surface area contributed by atoms with Crippen LogP contribution in [0, 0.1) is 13.8 Å². The monoisotopic (exact) mass is 548 g/mol. The second-order valence-electron chi connectivity index (χ2n) is 8.35. The number of halogens is 3. The molecular formula is C25H27F3N6O5. The Morgan fingerprint density at radius 1 is 1.03 bits per heavy atom. The first kappa shape index (κ1) is 29.1. The smallest absolute Gasteiger partial charge is 0.475 e. The number of alkyl halides is 3. The molecule has 14 heteroatoms. The maximum atomic E-state index is 12.5. The van der Waals surface area contributed by atoms with E-state index >= 15 is 0 Å². The Labute approximate surface area is 221 Å². The predicted octanol–water partition coefficient (Wildman–Crippen LogP) is 4.13. The number of carboxylic acid groups (broad SMARTS) is 1. The van der Waals surface area contributed by atoms with Crippen molar-refractivity contribution in [2.45, 2.75) is 39.5 Å². The van der Waals surface area contributed by atoms with Crippen LogP contribution < -0.4 is 5.32 Å². The SMILES string of the molecule is Cc1ncc(CN(CCCNC(=O)c2cc(-c3ccccc3)n[nH]2)Cc2cnc(C)o2)o1.O=C(O)C(F)(F)F. The summed E-state index contributed by atoms with van der Waals surface area (Å²) < 4.78 is 43.0. The first-order chi connectivity index (χ1) is 18.5. The molecule has 1 aromatic carbocycles. The molecule has 11 nitrogen and oxygen atoms in total. The van der Waals surface area contributed by atoms with Crippen LogP contribution in [0.1, 0.15) is 40.2 Å². The molecule has 0 aliphatic rings. The number of rotatable bonds is 10. The van der Waals surface area contributed by atoms with E-state index in [9.17, 15) is 18.0 Å². The number of carbonyl (C=O) groups excluding carboxylic acids is 1. The van der Waals surface area contributed by atoms with E-state index in [1.54, 1.807) is 18.5 Å². The summed E-state index contributed by atoms with van der Waals surface area (Å²) in [5, 5.41) is 17.1. The lowest BCUT2D eigenvalue weighted by atomic mass is 10.1. The third-order valence-electron chi connectivity index (χ3n) is 5.17. The van der Waals surface area contributed by atoms with E-state index in [2.05, 4.69) is 30.4 Å². The van der Waals surface area contributed by atoms with Crippen LogP contribution in [0.25, 0.3) is 11.3 Å². The van der Waals surface area contributed by atoms with Gasteiger partial charge in [0.05, 0.1) is 31.2 Å². The average Bonchev–Trinajstić information content (AvgIpc) is 3.64. The van der Waals surface area contributed by atoms with Crippen molar-refractivity contribution in [2.75, 3.05) is 13.1 Å². The molecule has 0 spiro atoms. The highest BCUT2D eigenvalue weighted by atomic mass is 19.4. The Kier molecular flexibility index (Phi) is 9.98. The average molecular weight is 549 g/mol. The fourth-order valence-electron chi connectivity index (χ4n) is 3.41. The Balaban J connectivity index is 0.000000532. The van der Waals surface area contributed by atoms with Gasteiger partial charge >= 0.3 is 12.1 Å². The van der Waals surface area contributed by atoms with Gasteiger partial charge in [-0.1, -0.05) is 30.3 Å². The largest absolute Gasteiger partial charge is 0.490 e. The van der Waals surface area contributed by atoms with Gasteiger partial charge in [0.1, 0.15) is 17.2 Å². The number of oxazole rings is 2. The molecule has 3 N–H and O–H groups in total. The molecule has 0 atom stereocenters. The summed E-state index contributed by atoms with van der Waals surface area (Å²) in [6, 6.07) is 11.5. The van der Waals surface area contributed by atoms with Gasteiger partial charge in [0.15, 0.2) is 11.8 Å². The van der Waals surface area contributed by atoms with Gasteiger partial charge in [-0.3, -0.25) is 14.8 Å². The van der Waals surface area contributed by atoms with Crippen LogP contribution in [0.4, 0.5) is 13.2 Å². The minimum absolute atomic E-state index is 0.178. The fraction of sp³-hybridized carbons (Fsp3) is 0.320. The Morgan fingerprint density at radius 2 is 1.59 bits per heavy atom. The second kappa shape index (κ2) is 13.4. The molecule has 4 rings (SSSR count). The maximum absolute atomic E-state index is 12.5. The highest BCUT2D eigenvalue weighted by molar-refractivity contribution is 5.93. The lowest BCUT2D eigenvalue weighted by Gasteiger charge is -2.19. The van der Waals surface area contributed by atoms with Gasteiger partial charge in [-0.05, 0) is 12.5 Å². The van der Waals surface area contributed by atoms with Gasteiger partial charge in [0.2, 0.25) is 0 Å². The summed E-state index contributed by atoms with van der Waals surface area (Å²) in [5.74, 6) is -0.0906. The lowest BCUT2D eigenvalue weighted by Crippen LogP contribution is -2.29. The third kappa shape index (κ3) is 9.41. The van der Waals surface area contributed by atoms with E-state index in [0.717, 1.165) is 35.7 Å². The number of hydrogen-bond acceptors (Lipinski definition) is 8. The molecule has 0 fully saturated rings. The number of aliphatic carboxylic acids is 1. The molecule has 0 radical (unpaired) electrons. The number of amides is 1. The number of hydrogen-bond donors (Lipinski definition) is 3. The van der Waals surface area contributed by atoms with E-state index < -0.39 is 12.1 Å². The lowest BCUT2D eigenvalue weighted by molar-refractivity contribution is -0.192. The normalized spacial score (nSPS) is 11.2. The van der Waals surface area contributed by atoms with Crippen LogP contribution in [-0.4, -0.2) is 61.3 Å². The van der Waals surface area contributed by atoms with Crippen molar-refractivity contribution in [3.05, 3.63) is 77.8 Å². The molecule has 0 bridgehead atoms. The quantitative estimate of drug-likeness (QED) is 0.249. The number of H-pyrrole nitrogens is 1. The number of aromatic nitrogens is 4. The topological polar surface area (TPSA) is 150 Å². The molecule has 39 heavy (non-hydrogen) atoms. The molecular weight excluding hydrogens is 521 g/mol. The van der Waals surface area contributed by atoms with Crippen molar-refractivity contribution in [2.24, 2.45) is 0 Å². The minimum Gasteiger partial charge on any atom is -0.475 e. The van der Waals surface area contributed by atoms with Crippen molar-refractivity contribution in [3.8, 4) is 11.3 Å². The predicted molar refractivity (Wildman–Crippen MR) is 131 cm³/mol. The second-order valence-corrected chi connectivity index (χ2v) is 8.35. The first-order valence-corrected chi connectivity index (χ1v) is 11.8. The van der Waals surface area contributed by atoms with Gasteiger partial charge in [0, 0.05) is 32.5 Å². The van der Waals surface area contributed by atoms with Crippen LogP contribution in [0.15, 0.2) is 57.6 Å². The van der Waals surface area contributed by atoms with Crippen LogP contribution >= 0.6 is 0 Å². The third-order valence-corrected chi connectivity index (χ3v) is 5.17. The van der Waals surface area contributed by atoms with E-state index in [4.69, 9.17) is 18.7 Å². The molecule has 0 saturated heterocycles. The molecule has 1 amide bonds. The molecule has 3 aromatic heterocycles. The highest BCUT2D eigenvalue weighted by Gasteiger charge is 2.38. The number of benzene rings is 1. The van der Waals surface area contributed by atoms with Crippen molar-refractivity contribution < 1.29 is 36.7 Å². The molecule has 4 aromatic rings. The zero-order valence-electron chi connectivity index (χ0n) is 21.2. The van der Waals surface area contributed by atoms with Crippen LogP contribution in [-0.2, 0) is 17.9 Å². The fourth-order valence-corrected chi connectivity index (χ4v) is 3.41. The van der Waals surface area contributed by atoms with Crippen molar-refractivity contribution >= 4 is 11.9 Å². The zero-order chi connectivity index (χ0) is 28.4. The van der Waals surface area contributed by atoms with Crippen molar-refractivity contribution in [1.82, 2.24) is 30.4 Å². The van der Waals surface area contributed by atoms with Crippen molar-refractivity contribution in [1.29, 1.82) is 0 Å².